The van der Waals surface area contributed by atoms with E-state index in [9.17, 15) is 9.90 Å². The summed E-state index contributed by atoms with van der Waals surface area (Å²) < 4.78 is 1.21. The van der Waals surface area contributed by atoms with Gasteiger partial charge in [0.05, 0.1) is 6.10 Å². The summed E-state index contributed by atoms with van der Waals surface area (Å²) in [6, 6.07) is 8.28. The van der Waals surface area contributed by atoms with E-state index in [-0.39, 0.29) is 17.9 Å². The van der Waals surface area contributed by atoms with Crippen LogP contribution in [0.4, 0.5) is 0 Å². The van der Waals surface area contributed by atoms with Crippen LogP contribution >= 0.6 is 22.6 Å². The van der Waals surface area contributed by atoms with Gasteiger partial charge in [-0.05, 0) is 89.5 Å². The minimum atomic E-state index is -0.222. The van der Waals surface area contributed by atoms with Crippen LogP contribution in [0.15, 0.2) is 29.8 Å². The molecule has 0 saturated heterocycles. The molecule has 0 heterocycles. The lowest BCUT2D eigenvalue weighted by molar-refractivity contribution is -0.127. The molecule has 3 rings (SSSR count). The lowest BCUT2D eigenvalue weighted by Gasteiger charge is -2.42. The molecule has 4 atom stereocenters. The Bertz CT molecular complexity index is 561. The zero-order valence-corrected chi connectivity index (χ0v) is 14.4. The molecule has 0 amide bonds. The van der Waals surface area contributed by atoms with Crippen molar-refractivity contribution in [2.24, 2.45) is 17.8 Å². The molecule has 0 spiro atoms. The number of aliphatic hydroxyl groups excluding tert-OH is 1. The summed E-state index contributed by atoms with van der Waals surface area (Å²) >= 11 is 2.29. The fourth-order valence-corrected chi connectivity index (χ4v) is 4.22. The van der Waals surface area contributed by atoms with Gasteiger partial charge in [-0.1, -0.05) is 19.1 Å². The number of hydrogen-bond donors (Lipinski definition) is 1. The summed E-state index contributed by atoms with van der Waals surface area (Å²) in [5.74, 6) is 1.08. The van der Waals surface area contributed by atoms with Crippen molar-refractivity contribution >= 4 is 34.5 Å². The number of fused-ring (bicyclic) bond motifs is 1. The van der Waals surface area contributed by atoms with Gasteiger partial charge >= 0.3 is 0 Å². The number of Topliss-reactive ketones (excluding diaryl/α,β-unsaturated/α-hetero) is 1. The highest BCUT2D eigenvalue weighted by molar-refractivity contribution is 14.1. The van der Waals surface area contributed by atoms with Gasteiger partial charge in [0, 0.05) is 9.49 Å². The maximum Gasteiger partial charge on any atom is 0.162 e. The van der Waals surface area contributed by atoms with E-state index in [1.54, 1.807) is 0 Å². The molecule has 0 aliphatic heterocycles. The van der Waals surface area contributed by atoms with Crippen molar-refractivity contribution in [3.05, 3.63) is 39.0 Å². The van der Waals surface area contributed by atoms with Crippen LogP contribution in [-0.4, -0.2) is 17.0 Å². The number of ketones is 1. The second-order valence-corrected chi connectivity index (χ2v) is 7.64. The zero-order valence-electron chi connectivity index (χ0n) is 12.3. The standard InChI is InChI=1S/C18H21IO2/c1-11-15-7-4-13(10-12-2-5-14(19)6-3-12)18(21)16(15)8-9-17(11)20/h2-3,5-6,10-11,15-17,20H,4,7-9H2,1H3/t11-,15?,16?,17?/m0/s1. The molecule has 3 unspecified atom stereocenters. The number of rotatable bonds is 1. The fraction of sp³-hybridized carbons (Fsp3) is 0.500. The Hall–Kier alpha value is -0.680. The minimum Gasteiger partial charge on any atom is -0.393 e. The number of allylic oxidation sites excluding steroid dienone is 1. The predicted molar refractivity (Wildman–Crippen MR) is 92.8 cm³/mol. The van der Waals surface area contributed by atoms with E-state index in [1.165, 1.54) is 3.57 Å². The lowest BCUT2D eigenvalue weighted by Crippen LogP contribution is -2.42. The number of carbonyl (C=O) groups is 1. The van der Waals surface area contributed by atoms with Gasteiger partial charge in [0.25, 0.3) is 0 Å². The quantitative estimate of drug-likeness (QED) is 0.574. The zero-order chi connectivity index (χ0) is 15.0. The van der Waals surface area contributed by atoms with E-state index >= 15 is 0 Å². The number of halogens is 1. The van der Waals surface area contributed by atoms with Crippen LogP contribution in [0.25, 0.3) is 6.08 Å². The monoisotopic (exact) mass is 396 g/mol. The number of benzene rings is 1. The highest BCUT2D eigenvalue weighted by Crippen LogP contribution is 2.44. The normalized spacial score (nSPS) is 34.8. The summed E-state index contributed by atoms with van der Waals surface area (Å²) in [7, 11) is 0. The molecular weight excluding hydrogens is 375 g/mol. The third kappa shape index (κ3) is 3.09. The molecule has 2 nitrogen and oxygen atoms in total. The smallest absolute Gasteiger partial charge is 0.162 e. The molecule has 0 bridgehead atoms. The third-order valence-corrected chi connectivity index (χ3v) is 5.90. The van der Waals surface area contributed by atoms with Crippen LogP contribution in [0.2, 0.25) is 0 Å². The SMILES string of the molecule is C[C@@H]1C(O)CCC2C(=O)C(=Cc3ccc(I)cc3)CCC21. The Labute approximate surface area is 139 Å². The van der Waals surface area contributed by atoms with E-state index in [0.717, 1.165) is 36.8 Å². The number of carbonyl (C=O) groups excluding carboxylic acids is 1. The van der Waals surface area contributed by atoms with Crippen molar-refractivity contribution in [3.8, 4) is 0 Å². The summed E-state index contributed by atoms with van der Waals surface area (Å²) in [4.78, 5) is 12.7. The predicted octanol–water partition coefficient (Wildman–Crippen LogP) is 4.06. The van der Waals surface area contributed by atoms with E-state index in [1.807, 2.05) is 0 Å². The van der Waals surface area contributed by atoms with Gasteiger partial charge in [0.15, 0.2) is 5.78 Å². The molecule has 0 radical (unpaired) electrons. The van der Waals surface area contributed by atoms with Gasteiger partial charge in [0.1, 0.15) is 0 Å². The first-order chi connectivity index (χ1) is 10.1. The molecule has 21 heavy (non-hydrogen) atoms. The van der Waals surface area contributed by atoms with Crippen LogP contribution in [-0.2, 0) is 4.79 Å². The van der Waals surface area contributed by atoms with E-state index in [0.29, 0.717) is 11.7 Å². The largest absolute Gasteiger partial charge is 0.393 e. The summed E-state index contributed by atoms with van der Waals surface area (Å²) in [5, 5.41) is 10.0. The summed E-state index contributed by atoms with van der Waals surface area (Å²) in [6.45, 7) is 2.10. The molecular formula is C18H21IO2. The first kappa shape index (κ1) is 15.2. The molecule has 112 valence electrons. The molecule has 3 heteroatoms. The number of hydrogen-bond acceptors (Lipinski definition) is 2. The molecule has 2 saturated carbocycles. The summed E-state index contributed by atoms with van der Waals surface area (Å²) in [6.07, 6.45) is 5.34. The minimum absolute atomic E-state index is 0.132. The Balaban J connectivity index is 1.81. The Morgan fingerprint density at radius 3 is 2.62 bits per heavy atom. The molecule has 2 fully saturated rings. The average Bonchev–Trinajstić information content (AvgIpc) is 2.48. The molecule has 2 aliphatic rings. The van der Waals surface area contributed by atoms with Crippen LogP contribution in [0, 0.1) is 21.3 Å². The van der Waals surface area contributed by atoms with Gasteiger partial charge in [-0.3, -0.25) is 4.79 Å². The lowest BCUT2D eigenvalue weighted by atomic mass is 9.63. The van der Waals surface area contributed by atoms with Crippen molar-refractivity contribution in [1.29, 1.82) is 0 Å². The third-order valence-electron chi connectivity index (χ3n) is 5.18. The highest BCUT2D eigenvalue weighted by atomic mass is 127. The Morgan fingerprint density at radius 1 is 1.19 bits per heavy atom. The molecule has 0 aromatic heterocycles. The fourth-order valence-electron chi connectivity index (χ4n) is 3.86. The van der Waals surface area contributed by atoms with Gasteiger partial charge in [0.2, 0.25) is 0 Å². The Morgan fingerprint density at radius 2 is 1.90 bits per heavy atom. The molecule has 2 aliphatic carbocycles. The van der Waals surface area contributed by atoms with E-state index in [2.05, 4.69) is 59.9 Å². The van der Waals surface area contributed by atoms with E-state index < -0.39 is 0 Å². The highest BCUT2D eigenvalue weighted by Gasteiger charge is 2.42. The maximum atomic E-state index is 12.7. The van der Waals surface area contributed by atoms with Gasteiger partial charge in [-0.25, -0.2) is 0 Å². The van der Waals surface area contributed by atoms with Gasteiger partial charge < -0.3 is 5.11 Å². The van der Waals surface area contributed by atoms with Crippen LogP contribution in [0.5, 0.6) is 0 Å². The first-order valence-electron chi connectivity index (χ1n) is 7.74. The molecule has 1 N–H and O–H groups in total. The van der Waals surface area contributed by atoms with Crippen molar-refractivity contribution in [2.75, 3.05) is 0 Å². The second kappa shape index (κ2) is 6.21. The molecule has 1 aromatic rings. The second-order valence-electron chi connectivity index (χ2n) is 6.40. The average molecular weight is 396 g/mol. The van der Waals surface area contributed by atoms with Gasteiger partial charge in [-0.2, -0.15) is 0 Å². The van der Waals surface area contributed by atoms with Crippen molar-refractivity contribution < 1.29 is 9.90 Å². The van der Waals surface area contributed by atoms with Crippen molar-refractivity contribution in [1.82, 2.24) is 0 Å². The topological polar surface area (TPSA) is 37.3 Å². The first-order valence-corrected chi connectivity index (χ1v) is 8.82. The van der Waals surface area contributed by atoms with Crippen LogP contribution < -0.4 is 0 Å². The Kier molecular flexibility index (Phi) is 4.50. The van der Waals surface area contributed by atoms with Crippen molar-refractivity contribution in [2.45, 2.75) is 38.7 Å². The van der Waals surface area contributed by atoms with Crippen LogP contribution in [0.1, 0.15) is 38.2 Å². The number of aliphatic hydroxyl groups is 1. The maximum absolute atomic E-state index is 12.7. The van der Waals surface area contributed by atoms with Crippen molar-refractivity contribution in [3.63, 3.8) is 0 Å². The van der Waals surface area contributed by atoms with E-state index in [4.69, 9.17) is 0 Å². The molecule has 1 aromatic carbocycles. The summed E-state index contributed by atoms with van der Waals surface area (Å²) in [5.41, 5.74) is 2.09. The van der Waals surface area contributed by atoms with Crippen LogP contribution in [0.3, 0.4) is 0 Å². The van der Waals surface area contributed by atoms with Gasteiger partial charge in [-0.15, -0.1) is 0 Å².